The Balaban J connectivity index is 2.17. The van der Waals surface area contributed by atoms with Gasteiger partial charge in [0, 0.05) is 17.8 Å². The van der Waals surface area contributed by atoms with Crippen molar-refractivity contribution >= 4 is 16.8 Å². The largest absolute Gasteiger partial charge is 0.443 e. The van der Waals surface area contributed by atoms with Crippen LogP contribution in [0.3, 0.4) is 0 Å². The molecule has 2 aromatic rings. The molecule has 15 heavy (non-hydrogen) atoms. The summed E-state index contributed by atoms with van der Waals surface area (Å²) in [6, 6.07) is 6.02. The van der Waals surface area contributed by atoms with Crippen LogP contribution >= 0.6 is 0 Å². The summed E-state index contributed by atoms with van der Waals surface area (Å²) in [5, 5.41) is 3.40. The highest BCUT2D eigenvalue weighted by Gasteiger charge is 2.10. The minimum Gasteiger partial charge on any atom is -0.443 e. The van der Waals surface area contributed by atoms with Crippen molar-refractivity contribution in [2.45, 2.75) is 12.8 Å². The Kier molecular flexibility index (Phi) is 1.95. The molecule has 0 saturated carbocycles. The summed E-state index contributed by atoms with van der Waals surface area (Å²) < 4.78 is 5.28. The van der Waals surface area contributed by atoms with Gasteiger partial charge >= 0.3 is 0 Å². The van der Waals surface area contributed by atoms with Crippen molar-refractivity contribution in [1.29, 1.82) is 0 Å². The van der Waals surface area contributed by atoms with E-state index in [4.69, 9.17) is 4.42 Å². The van der Waals surface area contributed by atoms with E-state index in [-0.39, 0.29) is 0 Å². The second kappa shape index (κ2) is 3.42. The smallest absolute Gasteiger partial charge is 0.182 e. The third-order valence-electron chi connectivity index (χ3n) is 2.70. The molecule has 0 fully saturated rings. The summed E-state index contributed by atoms with van der Waals surface area (Å²) in [4.78, 5) is 4.25. The first-order valence-corrected chi connectivity index (χ1v) is 5.22. The van der Waals surface area contributed by atoms with Crippen molar-refractivity contribution in [3.8, 4) is 0 Å². The molecule has 1 aliphatic rings. The third kappa shape index (κ3) is 1.40. The van der Waals surface area contributed by atoms with Crippen molar-refractivity contribution < 1.29 is 4.42 Å². The Morgan fingerprint density at radius 1 is 1.33 bits per heavy atom. The van der Waals surface area contributed by atoms with Crippen molar-refractivity contribution in [3.63, 3.8) is 0 Å². The molecular formula is C12H12N2O. The molecule has 0 spiro atoms. The number of nitrogens with zero attached hydrogens (tertiary/aromatic N) is 1. The highest BCUT2D eigenvalue weighted by molar-refractivity contribution is 5.87. The van der Waals surface area contributed by atoms with Crippen LogP contribution in [-0.4, -0.2) is 11.5 Å². The number of benzene rings is 1. The molecule has 76 valence electrons. The molecule has 2 heterocycles. The fraction of sp³-hybridized carbons (Fsp3) is 0.250. The predicted molar refractivity (Wildman–Crippen MR) is 59.2 cm³/mol. The van der Waals surface area contributed by atoms with Gasteiger partial charge in [-0.15, -0.1) is 0 Å². The lowest BCUT2D eigenvalue weighted by Crippen LogP contribution is -2.17. The van der Waals surface area contributed by atoms with Crippen LogP contribution in [-0.2, 0) is 0 Å². The normalized spacial score (nSPS) is 16.1. The Labute approximate surface area is 87.8 Å². The van der Waals surface area contributed by atoms with E-state index in [1.54, 1.807) is 0 Å². The van der Waals surface area contributed by atoms with Crippen molar-refractivity contribution in [3.05, 3.63) is 36.2 Å². The van der Waals surface area contributed by atoms with Gasteiger partial charge in [0.1, 0.15) is 5.52 Å². The molecule has 0 amide bonds. The number of fused-ring (bicyclic) bond motifs is 1. The summed E-state index contributed by atoms with van der Waals surface area (Å²) in [7, 11) is 0. The Morgan fingerprint density at radius 2 is 2.33 bits per heavy atom. The maximum Gasteiger partial charge on any atom is 0.182 e. The second-order valence-electron chi connectivity index (χ2n) is 3.69. The van der Waals surface area contributed by atoms with Crippen LogP contribution in [0.25, 0.3) is 16.8 Å². The fourth-order valence-electron chi connectivity index (χ4n) is 1.95. The Bertz CT molecular complexity index is 513. The first-order valence-electron chi connectivity index (χ1n) is 5.22. The van der Waals surface area contributed by atoms with Crippen LogP contribution in [0.2, 0.25) is 0 Å². The van der Waals surface area contributed by atoms with Crippen molar-refractivity contribution in [1.82, 2.24) is 10.3 Å². The summed E-state index contributed by atoms with van der Waals surface area (Å²) >= 11 is 0. The molecule has 0 bridgehead atoms. The molecular weight excluding hydrogens is 188 g/mol. The molecule has 1 aromatic heterocycles. The van der Waals surface area contributed by atoms with Crippen LogP contribution in [0.1, 0.15) is 18.4 Å². The number of nitrogens with one attached hydrogen (secondary N) is 1. The van der Waals surface area contributed by atoms with Crippen molar-refractivity contribution in [2.24, 2.45) is 0 Å². The highest BCUT2D eigenvalue weighted by atomic mass is 16.3. The number of rotatable bonds is 1. The van der Waals surface area contributed by atoms with Gasteiger partial charge < -0.3 is 9.73 Å². The number of para-hydroxylation sites is 1. The van der Waals surface area contributed by atoms with Gasteiger partial charge in [-0.3, -0.25) is 0 Å². The molecule has 0 atom stereocenters. The molecule has 1 aromatic carbocycles. The summed E-state index contributed by atoms with van der Waals surface area (Å²) in [6.07, 6.45) is 6.07. The molecule has 3 nitrogen and oxygen atoms in total. The number of aromatic nitrogens is 1. The van der Waals surface area contributed by atoms with E-state index in [9.17, 15) is 0 Å². The van der Waals surface area contributed by atoms with Crippen LogP contribution in [0, 0.1) is 0 Å². The predicted octanol–water partition coefficient (Wildman–Crippen LogP) is 2.55. The second-order valence-corrected chi connectivity index (χ2v) is 3.69. The fourth-order valence-corrected chi connectivity index (χ4v) is 1.95. The van der Waals surface area contributed by atoms with Gasteiger partial charge in [-0.25, -0.2) is 4.98 Å². The molecule has 3 rings (SSSR count). The monoisotopic (exact) mass is 200 g/mol. The number of hydrogen-bond acceptors (Lipinski definition) is 3. The minimum absolute atomic E-state index is 0.848. The van der Waals surface area contributed by atoms with E-state index in [2.05, 4.69) is 22.4 Å². The lowest BCUT2D eigenvalue weighted by molar-refractivity contribution is 0.602. The van der Waals surface area contributed by atoms with E-state index in [0.717, 1.165) is 29.6 Å². The highest BCUT2D eigenvalue weighted by Crippen LogP contribution is 2.24. The molecule has 1 aliphatic heterocycles. The number of oxazole rings is 1. The van der Waals surface area contributed by atoms with Gasteiger partial charge in [0.2, 0.25) is 0 Å². The Hall–Kier alpha value is -1.77. The SMILES string of the molecule is C1=C(c2cccc3ocnc23)NCCC1. The van der Waals surface area contributed by atoms with Gasteiger partial charge in [0.15, 0.2) is 12.0 Å². The minimum atomic E-state index is 0.848. The Morgan fingerprint density at radius 3 is 3.20 bits per heavy atom. The zero-order valence-corrected chi connectivity index (χ0v) is 8.36. The zero-order chi connectivity index (χ0) is 10.1. The van der Waals surface area contributed by atoms with Gasteiger partial charge in [0.05, 0.1) is 0 Å². The average Bonchev–Trinajstić information content (AvgIpc) is 2.78. The topological polar surface area (TPSA) is 38.1 Å². The van der Waals surface area contributed by atoms with E-state index in [1.165, 1.54) is 18.5 Å². The van der Waals surface area contributed by atoms with Crippen molar-refractivity contribution in [2.75, 3.05) is 6.54 Å². The summed E-state index contributed by atoms with van der Waals surface area (Å²) in [5.74, 6) is 0. The maximum absolute atomic E-state index is 5.28. The molecule has 1 N–H and O–H groups in total. The zero-order valence-electron chi connectivity index (χ0n) is 8.36. The molecule has 0 saturated heterocycles. The molecule has 3 heteroatoms. The molecule has 0 unspecified atom stereocenters. The van der Waals surface area contributed by atoms with E-state index in [0.29, 0.717) is 0 Å². The number of hydrogen-bond donors (Lipinski definition) is 1. The summed E-state index contributed by atoms with van der Waals surface area (Å²) in [5.41, 5.74) is 4.11. The standard InChI is InChI=1S/C12H12N2O/c1-2-7-13-10(5-1)9-4-3-6-11-12(9)14-8-15-11/h3-6,8,13H,1-2,7H2. The number of allylic oxidation sites excluding steroid dienone is 1. The average molecular weight is 200 g/mol. The lowest BCUT2D eigenvalue weighted by Gasteiger charge is -2.15. The maximum atomic E-state index is 5.28. The van der Waals surface area contributed by atoms with Gasteiger partial charge in [-0.1, -0.05) is 18.2 Å². The molecule has 0 aliphatic carbocycles. The first kappa shape index (κ1) is 8.53. The van der Waals surface area contributed by atoms with Gasteiger partial charge in [0.25, 0.3) is 0 Å². The summed E-state index contributed by atoms with van der Waals surface area (Å²) in [6.45, 7) is 1.04. The molecule has 0 radical (unpaired) electrons. The van der Waals surface area contributed by atoms with Crippen LogP contribution in [0.5, 0.6) is 0 Å². The van der Waals surface area contributed by atoms with Gasteiger partial charge in [-0.05, 0) is 18.9 Å². The third-order valence-corrected chi connectivity index (χ3v) is 2.70. The van der Waals surface area contributed by atoms with Crippen LogP contribution < -0.4 is 5.32 Å². The van der Waals surface area contributed by atoms with E-state index in [1.807, 2.05) is 12.1 Å². The van der Waals surface area contributed by atoms with Gasteiger partial charge in [-0.2, -0.15) is 0 Å². The first-order chi connectivity index (χ1) is 7.45. The van der Waals surface area contributed by atoms with E-state index < -0.39 is 0 Å². The van der Waals surface area contributed by atoms with Crippen LogP contribution in [0.4, 0.5) is 0 Å². The van der Waals surface area contributed by atoms with E-state index >= 15 is 0 Å². The lowest BCUT2D eigenvalue weighted by atomic mass is 10.1. The quantitative estimate of drug-likeness (QED) is 0.768. The van der Waals surface area contributed by atoms with Crippen LogP contribution in [0.15, 0.2) is 35.1 Å².